The average Bonchev–Trinajstić information content (AvgIpc) is 3.40. The molecule has 2 heteroatoms. The molecule has 0 radical (unpaired) electrons. The van der Waals surface area contributed by atoms with Crippen molar-refractivity contribution in [2.75, 3.05) is 0 Å². The highest BCUT2D eigenvalue weighted by Gasteiger charge is 2.53. The molecular weight excluding hydrogens is 306 g/mol. The Morgan fingerprint density at radius 1 is 0.880 bits per heavy atom. The number of hydrogen-bond donors (Lipinski definition) is 1. The first kappa shape index (κ1) is 15.0. The van der Waals surface area contributed by atoms with Gasteiger partial charge in [-0.05, 0) is 54.3 Å². The molecule has 3 aromatic carbocycles. The summed E-state index contributed by atoms with van der Waals surface area (Å²) in [6.45, 7) is 4.34. The first-order valence-corrected chi connectivity index (χ1v) is 9.15. The highest BCUT2D eigenvalue weighted by atomic mass is 16.5. The molecular formula is C23H23NO. The van der Waals surface area contributed by atoms with E-state index in [1.807, 2.05) is 0 Å². The van der Waals surface area contributed by atoms with E-state index in [1.165, 1.54) is 39.4 Å². The molecule has 0 aromatic heterocycles. The molecule has 2 aliphatic rings. The number of benzene rings is 3. The lowest BCUT2D eigenvalue weighted by atomic mass is 9.83. The van der Waals surface area contributed by atoms with Crippen LogP contribution in [0.2, 0.25) is 0 Å². The van der Waals surface area contributed by atoms with Gasteiger partial charge in [0.1, 0.15) is 11.9 Å². The summed E-state index contributed by atoms with van der Waals surface area (Å²) >= 11 is 0. The molecule has 126 valence electrons. The second-order valence-electron chi connectivity index (χ2n) is 7.63. The number of nitrogens with two attached hydrogens (primary N) is 1. The molecule has 4 atom stereocenters. The van der Waals surface area contributed by atoms with Crippen molar-refractivity contribution in [1.29, 1.82) is 0 Å². The topological polar surface area (TPSA) is 35.2 Å². The Bertz CT molecular complexity index is 972. The van der Waals surface area contributed by atoms with Crippen molar-refractivity contribution in [3.8, 4) is 5.75 Å². The zero-order valence-corrected chi connectivity index (χ0v) is 14.7. The molecule has 0 amide bonds. The molecule has 2 N–H and O–H groups in total. The van der Waals surface area contributed by atoms with Gasteiger partial charge in [-0.1, -0.05) is 48.5 Å². The van der Waals surface area contributed by atoms with Crippen molar-refractivity contribution in [2.24, 2.45) is 17.6 Å². The maximum absolute atomic E-state index is 6.70. The molecule has 0 aliphatic heterocycles. The quantitative estimate of drug-likeness (QED) is 0.699. The van der Waals surface area contributed by atoms with E-state index in [0.717, 1.165) is 5.75 Å². The standard InChI is InChI=1S/C23H23NO/c1-13-6-3-8-15-9-5-11-19(20(13)15)25-23-18-12-17(18)22(24)16-10-4-7-14(2)21(16)23/h3-11,17-18,22-23H,12,24H2,1-2H3. The van der Waals surface area contributed by atoms with Gasteiger partial charge in [0.05, 0.1) is 0 Å². The van der Waals surface area contributed by atoms with E-state index in [4.69, 9.17) is 10.5 Å². The van der Waals surface area contributed by atoms with Crippen molar-refractivity contribution < 1.29 is 4.74 Å². The van der Waals surface area contributed by atoms with E-state index < -0.39 is 0 Å². The summed E-state index contributed by atoms with van der Waals surface area (Å²) in [5.74, 6) is 2.11. The van der Waals surface area contributed by atoms with Gasteiger partial charge in [-0.2, -0.15) is 0 Å². The molecule has 3 aromatic rings. The van der Waals surface area contributed by atoms with Crippen LogP contribution in [0.1, 0.15) is 40.8 Å². The van der Waals surface area contributed by atoms with Crippen molar-refractivity contribution >= 4 is 10.8 Å². The second kappa shape index (κ2) is 5.34. The molecule has 1 saturated carbocycles. The van der Waals surface area contributed by atoms with E-state index in [1.54, 1.807) is 0 Å². The lowest BCUT2D eigenvalue weighted by Crippen LogP contribution is -2.26. The fraction of sp³-hybridized carbons (Fsp3) is 0.304. The SMILES string of the molecule is Cc1cccc2c1C(Oc1cccc3cccc(C)c13)C1CC1C2N. The summed E-state index contributed by atoms with van der Waals surface area (Å²) in [5, 5.41) is 2.47. The normalized spacial score (nSPS) is 26.8. The minimum Gasteiger partial charge on any atom is -0.485 e. The summed E-state index contributed by atoms with van der Waals surface area (Å²) in [6.07, 6.45) is 1.29. The van der Waals surface area contributed by atoms with Crippen LogP contribution < -0.4 is 10.5 Å². The van der Waals surface area contributed by atoms with Gasteiger partial charge in [-0.3, -0.25) is 0 Å². The summed E-state index contributed by atoms with van der Waals surface area (Å²) in [4.78, 5) is 0. The van der Waals surface area contributed by atoms with E-state index in [9.17, 15) is 0 Å². The Labute approximate surface area is 148 Å². The summed E-state index contributed by atoms with van der Waals surface area (Å²) < 4.78 is 6.70. The van der Waals surface area contributed by atoms with Crippen molar-refractivity contribution in [1.82, 2.24) is 0 Å². The number of hydrogen-bond acceptors (Lipinski definition) is 2. The molecule has 5 rings (SSSR count). The van der Waals surface area contributed by atoms with E-state index in [2.05, 4.69) is 68.4 Å². The van der Waals surface area contributed by atoms with Gasteiger partial charge in [0.25, 0.3) is 0 Å². The van der Waals surface area contributed by atoms with Crippen molar-refractivity contribution in [2.45, 2.75) is 32.4 Å². The maximum atomic E-state index is 6.70. The summed E-state index contributed by atoms with van der Waals surface area (Å²) in [6, 6.07) is 19.4. The number of aryl methyl sites for hydroxylation is 2. The summed E-state index contributed by atoms with van der Waals surface area (Å²) in [7, 11) is 0. The zero-order valence-electron chi connectivity index (χ0n) is 14.7. The van der Waals surface area contributed by atoms with Crippen LogP contribution in [0.3, 0.4) is 0 Å². The Morgan fingerprint density at radius 2 is 1.60 bits per heavy atom. The largest absolute Gasteiger partial charge is 0.485 e. The lowest BCUT2D eigenvalue weighted by molar-refractivity contribution is 0.163. The van der Waals surface area contributed by atoms with Crippen molar-refractivity contribution in [3.63, 3.8) is 0 Å². The Morgan fingerprint density at radius 3 is 2.44 bits per heavy atom. The smallest absolute Gasteiger partial charge is 0.128 e. The number of rotatable bonds is 2. The first-order chi connectivity index (χ1) is 12.1. The third kappa shape index (κ3) is 2.21. The molecule has 2 aliphatic carbocycles. The van der Waals surface area contributed by atoms with Gasteiger partial charge in [-0.25, -0.2) is 0 Å². The maximum Gasteiger partial charge on any atom is 0.128 e. The van der Waals surface area contributed by atoms with Crippen LogP contribution in [0.15, 0.2) is 54.6 Å². The highest BCUT2D eigenvalue weighted by Crippen LogP contribution is 2.60. The molecule has 0 bridgehead atoms. The second-order valence-corrected chi connectivity index (χ2v) is 7.63. The van der Waals surface area contributed by atoms with Crippen LogP contribution in [0.25, 0.3) is 10.8 Å². The van der Waals surface area contributed by atoms with Crippen LogP contribution in [0.4, 0.5) is 0 Å². The summed E-state index contributed by atoms with van der Waals surface area (Å²) in [5.41, 5.74) is 11.7. The first-order valence-electron chi connectivity index (χ1n) is 9.15. The minimum atomic E-state index is 0.117. The van der Waals surface area contributed by atoms with Gasteiger partial charge >= 0.3 is 0 Å². The van der Waals surface area contributed by atoms with Crippen molar-refractivity contribution in [3.05, 3.63) is 76.9 Å². The third-order valence-electron chi connectivity index (χ3n) is 6.07. The molecule has 4 unspecified atom stereocenters. The number of fused-ring (bicyclic) bond motifs is 3. The molecule has 0 spiro atoms. The third-order valence-corrected chi connectivity index (χ3v) is 6.07. The minimum absolute atomic E-state index is 0.117. The molecule has 0 saturated heterocycles. The Hall–Kier alpha value is -2.32. The monoisotopic (exact) mass is 329 g/mol. The van der Waals surface area contributed by atoms with Gasteiger partial charge < -0.3 is 10.5 Å². The Kier molecular flexibility index (Phi) is 3.20. The Balaban J connectivity index is 1.64. The van der Waals surface area contributed by atoms with Crippen LogP contribution in [-0.2, 0) is 0 Å². The lowest BCUT2D eigenvalue weighted by Gasteiger charge is -2.31. The van der Waals surface area contributed by atoms with Crippen LogP contribution in [0, 0.1) is 25.7 Å². The zero-order chi connectivity index (χ0) is 17.1. The van der Waals surface area contributed by atoms with Gasteiger partial charge in [0, 0.05) is 22.9 Å². The predicted octanol–water partition coefficient (Wildman–Crippen LogP) is 5.23. The number of ether oxygens (including phenoxy) is 1. The van der Waals surface area contributed by atoms with Gasteiger partial charge in [0.15, 0.2) is 0 Å². The van der Waals surface area contributed by atoms with E-state index in [-0.39, 0.29) is 12.1 Å². The van der Waals surface area contributed by atoms with Crippen LogP contribution in [-0.4, -0.2) is 0 Å². The van der Waals surface area contributed by atoms with E-state index >= 15 is 0 Å². The molecule has 1 fully saturated rings. The van der Waals surface area contributed by atoms with Crippen LogP contribution >= 0.6 is 0 Å². The highest BCUT2D eigenvalue weighted by molar-refractivity contribution is 5.91. The van der Waals surface area contributed by atoms with Gasteiger partial charge in [-0.15, -0.1) is 0 Å². The van der Waals surface area contributed by atoms with Gasteiger partial charge in [0.2, 0.25) is 0 Å². The molecule has 0 heterocycles. The van der Waals surface area contributed by atoms with E-state index in [0.29, 0.717) is 11.8 Å². The predicted molar refractivity (Wildman–Crippen MR) is 102 cm³/mol. The van der Waals surface area contributed by atoms with Crippen LogP contribution in [0.5, 0.6) is 5.75 Å². The fourth-order valence-corrected chi connectivity index (χ4v) is 4.69. The molecule has 2 nitrogen and oxygen atoms in total. The molecule has 25 heavy (non-hydrogen) atoms. The average molecular weight is 329 g/mol. The fourth-order valence-electron chi connectivity index (χ4n) is 4.69.